The van der Waals surface area contributed by atoms with Crippen molar-refractivity contribution in [1.82, 2.24) is 15.5 Å². The molecule has 1 aromatic heterocycles. The molecule has 0 radical (unpaired) electrons. The molecule has 0 amide bonds. The lowest BCUT2D eigenvalue weighted by Gasteiger charge is -2.28. The maximum atomic E-state index is 12.4. The van der Waals surface area contributed by atoms with Crippen LogP contribution in [0.1, 0.15) is 24.8 Å². The minimum atomic E-state index is -4.41. The van der Waals surface area contributed by atoms with Crippen molar-refractivity contribution >= 4 is 16.5 Å². The molecule has 2 atom stereocenters. The van der Waals surface area contributed by atoms with Gasteiger partial charge in [0.2, 0.25) is 10.1 Å². The Morgan fingerprint density at radius 2 is 2.22 bits per heavy atom. The topological polar surface area (TPSA) is 49.8 Å². The van der Waals surface area contributed by atoms with E-state index in [0.29, 0.717) is 17.3 Å². The van der Waals surface area contributed by atoms with E-state index in [1.165, 1.54) is 0 Å². The van der Waals surface area contributed by atoms with Gasteiger partial charge in [-0.15, -0.1) is 10.2 Å². The zero-order valence-electron chi connectivity index (χ0n) is 9.92. The molecule has 2 N–H and O–H groups in total. The number of rotatable bonds is 3. The van der Waals surface area contributed by atoms with Crippen molar-refractivity contribution in [2.24, 2.45) is 5.92 Å². The van der Waals surface area contributed by atoms with Crippen molar-refractivity contribution < 1.29 is 13.2 Å². The molecule has 0 aliphatic carbocycles. The lowest BCUT2D eigenvalue weighted by molar-refractivity contribution is -0.138. The number of halogens is 3. The van der Waals surface area contributed by atoms with Crippen LogP contribution in [0.25, 0.3) is 0 Å². The van der Waals surface area contributed by atoms with Gasteiger partial charge in [0.15, 0.2) is 0 Å². The van der Waals surface area contributed by atoms with E-state index in [-0.39, 0.29) is 11.2 Å². The van der Waals surface area contributed by atoms with Crippen LogP contribution in [0, 0.1) is 5.92 Å². The quantitative estimate of drug-likeness (QED) is 0.892. The van der Waals surface area contributed by atoms with Crippen LogP contribution in [-0.2, 0) is 6.18 Å². The summed E-state index contributed by atoms with van der Waals surface area (Å²) in [6.07, 6.45) is -2.24. The Balaban J connectivity index is 1.94. The van der Waals surface area contributed by atoms with Gasteiger partial charge in [-0.2, -0.15) is 13.2 Å². The minimum Gasteiger partial charge on any atom is -0.357 e. The second-order valence-corrected chi connectivity index (χ2v) is 5.43. The van der Waals surface area contributed by atoms with Crippen molar-refractivity contribution in [2.45, 2.75) is 32.0 Å². The van der Waals surface area contributed by atoms with Gasteiger partial charge in [-0.05, 0) is 38.8 Å². The maximum absolute atomic E-state index is 12.4. The number of piperidine rings is 1. The summed E-state index contributed by atoms with van der Waals surface area (Å²) >= 11 is 0.553. The van der Waals surface area contributed by atoms with Gasteiger partial charge in [-0.25, -0.2) is 0 Å². The molecule has 1 saturated heterocycles. The van der Waals surface area contributed by atoms with Gasteiger partial charge in [-0.1, -0.05) is 11.3 Å². The first kappa shape index (κ1) is 13.5. The third kappa shape index (κ3) is 3.32. The number of nitrogens with zero attached hydrogens (tertiary/aromatic N) is 2. The second-order valence-electron chi connectivity index (χ2n) is 4.45. The lowest BCUT2D eigenvalue weighted by Crippen LogP contribution is -2.38. The zero-order chi connectivity index (χ0) is 13.2. The van der Waals surface area contributed by atoms with Crippen molar-refractivity contribution in [2.75, 3.05) is 18.4 Å². The summed E-state index contributed by atoms with van der Waals surface area (Å²) in [4.78, 5) is 0. The number of alkyl halides is 3. The van der Waals surface area contributed by atoms with Crippen LogP contribution in [0.5, 0.6) is 0 Å². The molecule has 2 unspecified atom stereocenters. The van der Waals surface area contributed by atoms with E-state index in [4.69, 9.17) is 0 Å². The Kier molecular flexibility index (Phi) is 4.06. The minimum absolute atomic E-state index is 0.0897. The number of hydrogen-bond donors (Lipinski definition) is 2. The average molecular weight is 280 g/mol. The molecule has 2 rings (SSSR count). The fraction of sp³-hybridized carbons (Fsp3) is 0.800. The van der Waals surface area contributed by atoms with Crippen LogP contribution >= 0.6 is 11.3 Å². The number of aromatic nitrogens is 2. The molecular weight excluding hydrogens is 265 g/mol. The molecule has 1 fully saturated rings. The largest absolute Gasteiger partial charge is 0.445 e. The second kappa shape index (κ2) is 5.40. The molecule has 2 heterocycles. The van der Waals surface area contributed by atoms with Crippen molar-refractivity contribution in [3.05, 3.63) is 5.01 Å². The van der Waals surface area contributed by atoms with E-state index >= 15 is 0 Å². The van der Waals surface area contributed by atoms with Gasteiger partial charge in [-0.3, -0.25) is 0 Å². The van der Waals surface area contributed by atoms with E-state index in [0.717, 1.165) is 25.9 Å². The van der Waals surface area contributed by atoms with E-state index in [1.54, 1.807) is 0 Å². The molecule has 1 aliphatic rings. The fourth-order valence-corrected chi connectivity index (χ4v) is 2.72. The van der Waals surface area contributed by atoms with Gasteiger partial charge >= 0.3 is 6.18 Å². The molecule has 4 nitrogen and oxygen atoms in total. The average Bonchev–Trinajstić information content (AvgIpc) is 2.78. The highest BCUT2D eigenvalue weighted by molar-refractivity contribution is 7.15. The highest BCUT2D eigenvalue weighted by atomic mass is 32.1. The maximum Gasteiger partial charge on any atom is 0.445 e. The Morgan fingerprint density at radius 1 is 1.44 bits per heavy atom. The lowest BCUT2D eigenvalue weighted by atomic mass is 9.93. The highest BCUT2D eigenvalue weighted by Gasteiger charge is 2.36. The van der Waals surface area contributed by atoms with Gasteiger partial charge in [0.05, 0.1) is 0 Å². The summed E-state index contributed by atoms with van der Waals surface area (Å²) in [5, 5.41) is 12.3. The van der Waals surface area contributed by atoms with Crippen LogP contribution in [-0.4, -0.2) is 29.3 Å². The van der Waals surface area contributed by atoms with Crippen LogP contribution in [0.15, 0.2) is 0 Å². The Bertz CT molecular complexity index is 387. The number of hydrogen-bond acceptors (Lipinski definition) is 5. The van der Waals surface area contributed by atoms with E-state index < -0.39 is 11.2 Å². The zero-order valence-corrected chi connectivity index (χ0v) is 10.7. The van der Waals surface area contributed by atoms with Crippen LogP contribution in [0.4, 0.5) is 18.3 Å². The first-order valence-electron chi connectivity index (χ1n) is 5.85. The highest BCUT2D eigenvalue weighted by Crippen LogP contribution is 2.33. The van der Waals surface area contributed by atoms with Gasteiger partial charge in [0.1, 0.15) is 0 Å². The summed E-state index contributed by atoms with van der Waals surface area (Å²) in [5.41, 5.74) is 0. The molecule has 0 aromatic carbocycles. The van der Waals surface area contributed by atoms with Crippen molar-refractivity contribution in [1.29, 1.82) is 0 Å². The Labute approximate surface area is 107 Å². The molecule has 1 aromatic rings. The molecule has 18 heavy (non-hydrogen) atoms. The van der Waals surface area contributed by atoms with Gasteiger partial charge in [0.25, 0.3) is 0 Å². The molecule has 102 valence electrons. The van der Waals surface area contributed by atoms with Crippen molar-refractivity contribution in [3.63, 3.8) is 0 Å². The molecule has 1 aliphatic heterocycles. The fourth-order valence-electron chi connectivity index (χ4n) is 2.01. The summed E-state index contributed by atoms with van der Waals surface area (Å²) in [7, 11) is 0. The van der Waals surface area contributed by atoms with Gasteiger partial charge < -0.3 is 10.6 Å². The third-order valence-corrected chi connectivity index (χ3v) is 3.96. The predicted octanol–water partition coefficient (Wildman–Crippen LogP) is 2.36. The van der Waals surface area contributed by atoms with Crippen LogP contribution in [0.3, 0.4) is 0 Å². The summed E-state index contributed by atoms with van der Waals surface area (Å²) < 4.78 is 37.1. The first-order valence-corrected chi connectivity index (χ1v) is 6.66. The number of nitrogens with one attached hydrogen (secondary N) is 2. The van der Waals surface area contributed by atoms with Crippen LogP contribution in [0.2, 0.25) is 0 Å². The standard InChI is InChI=1S/C10H15F3N4S/c1-6(7-3-2-4-14-5-7)15-9-17-16-8(18-9)10(11,12)13/h6-7,14H,2-5H2,1H3,(H,15,17). The molecule has 0 bridgehead atoms. The Morgan fingerprint density at radius 3 is 2.78 bits per heavy atom. The van der Waals surface area contributed by atoms with Gasteiger partial charge in [0, 0.05) is 6.04 Å². The number of anilines is 1. The normalized spacial score (nSPS) is 22.8. The smallest absolute Gasteiger partial charge is 0.357 e. The summed E-state index contributed by atoms with van der Waals surface area (Å²) in [6, 6.07) is 0.0897. The third-order valence-electron chi connectivity index (χ3n) is 3.06. The molecule has 0 saturated carbocycles. The predicted molar refractivity (Wildman–Crippen MR) is 63.6 cm³/mol. The monoisotopic (exact) mass is 280 g/mol. The first-order chi connectivity index (χ1) is 8.47. The van der Waals surface area contributed by atoms with E-state index in [1.807, 2.05) is 6.92 Å². The summed E-state index contributed by atoms with van der Waals surface area (Å²) in [5.74, 6) is 0.414. The Hall–Kier alpha value is -0.890. The molecule has 0 spiro atoms. The SMILES string of the molecule is CC(Nc1nnc(C(F)(F)F)s1)C1CCCNC1. The molecular formula is C10H15F3N4S. The van der Waals surface area contributed by atoms with E-state index in [9.17, 15) is 13.2 Å². The molecule has 8 heteroatoms. The van der Waals surface area contributed by atoms with E-state index in [2.05, 4.69) is 20.8 Å². The van der Waals surface area contributed by atoms with Crippen LogP contribution < -0.4 is 10.6 Å². The summed E-state index contributed by atoms with van der Waals surface area (Å²) in [6.45, 7) is 3.87. The van der Waals surface area contributed by atoms with Crippen molar-refractivity contribution in [3.8, 4) is 0 Å².